The molecule has 1 aliphatic heterocycles. The summed E-state index contributed by atoms with van der Waals surface area (Å²) in [6.45, 7) is 2.35. The van der Waals surface area contributed by atoms with Gasteiger partial charge >= 0.3 is 0 Å². The van der Waals surface area contributed by atoms with Gasteiger partial charge < -0.3 is 0 Å². The quantitative estimate of drug-likeness (QED) is 0.439. The number of rotatable bonds is 5. The topological polar surface area (TPSA) is 46.8 Å². The standard InChI is InChI=1S/C23H20ClF2N5/c24-20-19-21(16-6-8-17(25)9-7-16)29-31(13-12-30-11-10-18(26)14-30)23(19)28-27-22(20)15-4-2-1-3-5-15/h1-9,18H,10-14H2. The lowest BCUT2D eigenvalue weighted by molar-refractivity contribution is 0.277. The largest absolute Gasteiger partial charge is 0.299 e. The number of alkyl halides is 1. The normalized spacial score (nSPS) is 16.9. The Balaban J connectivity index is 1.61. The molecule has 0 amide bonds. The third-order valence-electron chi connectivity index (χ3n) is 5.61. The Morgan fingerprint density at radius 2 is 1.68 bits per heavy atom. The molecule has 2 aromatic carbocycles. The Morgan fingerprint density at radius 3 is 2.39 bits per heavy atom. The molecule has 1 atom stereocenters. The highest BCUT2D eigenvalue weighted by atomic mass is 35.5. The third kappa shape index (κ3) is 3.91. The lowest BCUT2D eigenvalue weighted by Gasteiger charge is -2.14. The third-order valence-corrected chi connectivity index (χ3v) is 5.97. The van der Waals surface area contributed by atoms with Gasteiger partial charge in [-0.1, -0.05) is 41.9 Å². The number of benzene rings is 2. The molecule has 1 unspecified atom stereocenters. The molecule has 5 nitrogen and oxygen atoms in total. The molecule has 0 N–H and O–H groups in total. The van der Waals surface area contributed by atoms with E-state index >= 15 is 0 Å². The van der Waals surface area contributed by atoms with Crippen LogP contribution in [0.15, 0.2) is 54.6 Å². The van der Waals surface area contributed by atoms with E-state index in [4.69, 9.17) is 16.7 Å². The van der Waals surface area contributed by atoms with Crippen molar-refractivity contribution >= 4 is 22.6 Å². The summed E-state index contributed by atoms with van der Waals surface area (Å²) in [6.07, 6.45) is -0.209. The van der Waals surface area contributed by atoms with Crippen molar-refractivity contribution in [2.75, 3.05) is 19.6 Å². The summed E-state index contributed by atoms with van der Waals surface area (Å²) in [7, 11) is 0. The summed E-state index contributed by atoms with van der Waals surface area (Å²) in [5.74, 6) is -0.321. The Hall–Kier alpha value is -2.90. The maximum absolute atomic E-state index is 13.5. The van der Waals surface area contributed by atoms with Crippen LogP contribution in [0.4, 0.5) is 8.78 Å². The molecule has 0 aliphatic carbocycles. The van der Waals surface area contributed by atoms with Crippen LogP contribution in [0.2, 0.25) is 5.02 Å². The van der Waals surface area contributed by atoms with E-state index < -0.39 is 6.17 Å². The van der Waals surface area contributed by atoms with Crippen LogP contribution in [0.1, 0.15) is 6.42 Å². The molecule has 1 fully saturated rings. The van der Waals surface area contributed by atoms with Gasteiger partial charge in [0.2, 0.25) is 0 Å². The summed E-state index contributed by atoms with van der Waals surface area (Å²) in [6, 6.07) is 15.7. The summed E-state index contributed by atoms with van der Waals surface area (Å²) >= 11 is 6.83. The summed E-state index contributed by atoms with van der Waals surface area (Å²) in [5.41, 5.74) is 3.34. The van der Waals surface area contributed by atoms with Crippen molar-refractivity contribution in [3.05, 3.63) is 65.4 Å². The predicted molar refractivity (Wildman–Crippen MR) is 117 cm³/mol. The van der Waals surface area contributed by atoms with E-state index in [9.17, 15) is 8.78 Å². The van der Waals surface area contributed by atoms with E-state index in [0.29, 0.717) is 53.5 Å². The summed E-state index contributed by atoms with van der Waals surface area (Å²) < 4.78 is 28.8. The molecular weight excluding hydrogens is 420 g/mol. The molecule has 8 heteroatoms. The SMILES string of the molecule is Fc1ccc(-c2nn(CCN3CCC(F)C3)c3nnc(-c4ccccc4)c(Cl)c23)cc1. The van der Waals surface area contributed by atoms with Crippen LogP contribution in [0.5, 0.6) is 0 Å². The van der Waals surface area contributed by atoms with E-state index in [1.807, 2.05) is 30.3 Å². The minimum absolute atomic E-state index is 0.321. The van der Waals surface area contributed by atoms with Crippen molar-refractivity contribution in [1.82, 2.24) is 24.9 Å². The van der Waals surface area contributed by atoms with Crippen molar-refractivity contribution in [3.63, 3.8) is 0 Å². The van der Waals surface area contributed by atoms with Gasteiger partial charge in [-0.2, -0.15) is 5.10 Å². The van der Waals surface area contributed by atoms with Crippen LogP contribution in [-0.2, 0) is 6.54 Å². The average Bonchev–Trinajstić information content (AvgIpc) is 3.37. The van der Waals surface area contributed by atoms with Crippen LogP contribution < -0.4 is 0 Å². The molecule has 0 radical (unpaired) electrons. The van der Waals surface area contributed by atoms with Gasteiger partial charge in [-0.3, -0.25) is 4.90 Å². The summed E-state index contributed by atoms with van der Waals surface area (Å²) in [4.78, 5) is 2.07. The fourth-order valence-electron chi connectivity index (χ4n) is 3.99. The first-order valence-electron chi connectivity index (χ1n) is 10.2. The molecule has 158 valence electrons. The molecule has 2 aromatic heterocycles. The van der Waals surface area contributed by atoms with E-state index in [-0.39, 0.29) is 5.82 Å². The number of aromatic nitrogens is 4. The first-order valence-corrected chi connectivity index (χ1v) is 10.6. The van der Waals surface area contributed by atoms with E-state index in [1.54, 1.807) is 16.8 Å². The predicted octanol–water partition coefficient (Wildman–Crippen LogP) is 5.00. The van der Waals surface area contributed by atoms with E-state index in [0.717, 1.165) is 17.7 Å². The van der Waals surface area contributed by atoms with Crippen molar-refractivity contribution in [3.8, 4) is 22.5 Å². The van der Waals surface area contributed by atoms with Crippen LogP contribution >= 0.6 is 11.6 Å². The van der Waals surface area contributed by atoms with Crippen molar-refractivity contribution in [2.24, 2.45) is 0 Å². The maximum atomic E-state index is 13.5. The number of fused-ring (bicyclic) bond motifs is 1. The molecule has 1 aliphatic rings. The van der Waals surface area contributed by atoms with Gasteiger partial charge in [-0.15, -0.1) is 10.2 Å². The molecule has 31 heavy (non-hydrogen) atoms. The van der Waals surface area contributed by atoms with Crippen molar-refractivity contribution in [1.29, 1.82) is 0 Å². The number of nitrogens with zero attached hydrogens (tertiary/aromatic N) is 5. The first-order chi connectivity index (χ1) is 15.1. The van der Waals surface area contributed by atoms with Gasteiger partial charge in [0.25, 0.3) is 0 Å². The number of hydrogen-bond donors (Lipinski definition) is 0. The molecule has 1 saturated heterocycles. The maximum Gasteiger partial charge on any atom is 0.182 e. The Bertz CT molecular complexity index is 1210. The van der Waals surface area contributed by atoms with Crippen molar-refractivity contribution < 1.29 is 8.78 Å². The molecule has 0 saturated carbocycles. The minimum atomic E-state index is -0.771. The zero-order valence-electron chi connectivity index (χ0n) is 16.7. The minimum Gasteiger partial charge on any atom is -0.299 e. The van der Waals surface area contributed by atoms with Gasteiger partial charge in [-0.05, 0) is 30.7 Å². The Kier molecular flexibility index (Phi) is 5.38. The van der Waals surface area contributed by atoms with Gasteiger partial charge in [-0.25, -0.2) is 13.5 Å². The van der Waals surface area contributed by atoms with Crippen molar-refractivity contribution in [2.45, 2.75) is 19.1 Å². The number of likely N-dealkylation sites (tertiary alicyclic amines) is 1. The van der Waals surface area contributed by atoms with Crippen LogP contribution in [0.25, 0.3) is 33.5 Å². The Labute approximate surface area is 183 Å². The van der Waals surface area contributed by atoms with Crippen LogP contribution in [-0.4, -0.2) is 50.7 Å². The second kappa shape index (κ2) is 8.32. The van der Waals surface area contributed by atoms with Crippen LogP contribution in [0.3, 0.4) is 0 Å². The fraction of sp³-hybridized carbons (Fsp3) is 0.261. The highest BCUT2D eigenvalue weighted by molar-refractivity contribution is 6.38. The van der Waals surface area contributed by atoms with Gasteiger partial charge in [0.1, 0.15) is 23.4 Å². The Morgan fingerprint density at radius 1 is 0.935 bits per heavy atom. The van der Waals surface area contributed by atoms with Crippen LogP contribution in [0, 0.1) is 5.82 Å². The van der Waals surface area contributed by atoms with Gasteiger partial charge in [0.15, 0.2) is 5.65 Å². The zero-order chi connectivity index (χ0) is 21.4. The second-order valence-corrected chi connectivity index (χ2v) is 8.07. The lowest BCUT2D eigenvalue weighted by Crippen LogP contribution is -2.26. The van der Waals surface area contributed by atoms with Gasteiger partial charge in [0.05, 0.1) is 17.0 Å². The zero-order valence-corrected chi connectivity index (χ0v) is 17.4. The highest BCUT2D eigenvalue weighted by Crippen LogP contribution is 2.37. The monoisotopic (exact) mass is 439 g/mol. The van der Waals surface area contributed by atoms with E-state index in [2.05, 4.69) is 15.1 Å². The summed E-state index contributed by atoms with van der Waals surface area (Å²) in [5, 5.41) is 14.7. The molecule has 3 heterocycles. The molecule has 0 bridgehead atoms. The lowest BCUT2D eigenvalue weighted by atomic mass is 10.1. The number of hydrogen-bond acceptors (Lipinski definition) is 4. The highest BCUT2D eigenvalue weighted by Gasteiger charge is 2.24. The second-order valence-electron chi connectivity index (χ2n) is 7.69. The average molecular weight is 440 g/mol. The molecule has 4 aromatic rings. The fourth-order valence-corrected chi connectivity index (χ4v) is 4.31. The smallest absolute Gasteiger partial charge is 0.182 e. The molecular formula is C23H20ClF2N5. The van der Waals surface area contributed by atoms with Gasteiger partial charge in [0, 0.05) is 30.8 Å². The first kappa shape index (κ1) is 20.0. The van der Waals surface area contributed by atoms with E-state index in [1.165, 1.54) is 12.1 Å². The molecule has 5 rings (SSSR count). The number of halogens is 3. The molecule has 0 spiro atoms.